The zero-order valence-corrected chi connectivity index (χ0v) is 12.4. The Balaban J connectivity index is 1.81. The van der Waals surface area contributed by atoms with Gasteiger partial charge in [0.2, 0.25) is 0 Å². The minimum atomic E-state index is 0.148. The number of rotatable bonds is 6. The molecule has 3 heteroatoms. The molecular weight excluding hydrogens is 260 g/mol. The quantitative estimate of drug-likeness (QED) is 0.849. The first-order chi connectivity index (χ1) is 10.3. The Morgan fingerprint density at radius 2 is 1.86 bits per heavy atom. The third-order valence-electron chi connectivity index (χ3n) is 4.06. The van der Waals surface area contributed by atoms with E-state index in [0.717, 1.165) is 17.4 Å². The number of ether oxygens (including phenoxy) is 1. The van der Waals surface area contributed by atoms with Crippen LogP contribution in [-0.4, -0.2) is 13.7 Å². The smallest absolute Gasteiger partial charge is 0.119 e. The van der Waals surface area contributed by atoms with Gasteiger partial charge in [-0.1, -0.05) is 24.3 Å². The van der Waals surface area contributed by atoms with Crippen LogP contribution in [0.1, 0.15) is 35.9 Å². The van der Waals surface area contributed by atoms with E-state index in [1.54, 1.807) is 7.11 Å². The van der Waals surface area contributed by atoms with Crippen molar-refractivity contribution in [3.8, 4) is 5.75 Å². The van der Waals surface area contributed by atoms with E-state index in [-0.39, 0.29) is 6.04 Å². The van der Waals surface area contributed by atoms with Crippen molar-refractivity contribution in [1.82, 2.24) is 0 Å². The molecule has 2 aromatic rings. The van der Waals surface area contributed by atoms with Crippen LogP contribution in [0.2, 0.25) is 0 Å². The highest BCUT2D eigenvalue weighted by atomic mass is 16.5. The minimum Gasteiger partial charge on any atom is -0.497 e. The Bertz CT molecular complexity index is 590. The van der Waals surface area contributed by atoms with E-state index < -0.39 is 0 Å². The maximum absolute atomic E-state index is 6.01. The first-order valence-corrected chi connectivity index (χ1v) is 7.51. The second-order valence-corrected chi connectivity index (χ2v) is 5.56. The standard InChI is InChI=1S/C18H22N2O/c1-21-15-10-8-14(9-11-15)20-18(12-19)17-5-3-2-4-16(17)13-6-7-13/h2-5,8-11,13,18,20H,6-7,12,19H2,1H3. The second kappa shape index (κ2) is 6.19. The molecule has 0 heterocycles. The predicted molar refractivity (Wildman–Crippen MR) is 86.8 cm³/mol. The normalized spacial score (nSPS) is 15.5. The average molecular weight is 282 g/mol. The molecule has 3 nitrogen and oxygen atoms in total. The van der Waals surface area contributed by atoms with Gasteiger partial charge in [-0.25, -0.2) is 0 Å². The number of benzene rings is 2. The Hall–Kier alpha value is -2.00. The molecule has 1 fully saturated rings. The summed E-state index contributed by atoms with van der Waals surface area (Å²) in [6.07, 6.45) is 2.60. The van der Waals surface area contributed by atoms with Crippen LogP contribution in [0.25, 0.3) is 0 Å². The second-order valence-electron chi connectivity index (χ2n) is 5.56. The summed E-state index contributed by atoms with van der Waals surface area (Å²) in [6.45, 7) is 0.579. The fourth-order valence-electron chi connectivity index (χ4n) is 2.75. The fraction of sp³-hybridized carbons (Fsp3) is 0.333. The summed E-state index contributed by atoms with van der Waals surface area (Å²) in [4.78, 5) is 0. The summed E-state index contributed by atoms with van der Waals surface area (Å²) in [5, 5.41) is 3.54. The first-order valence-electron chi connectivity index (χ1n) is 7.51. The Morgan fingerprint density at radius 3 is 2.48 bits per heavy atom. The van der Waals surface area contributed by atoms with Gasteiger partial charge < -0.3 is 15.8 Å². The van der Waals surface area contributed by atoms with Crippen LogP contribution >= 0.6 is 0 Å². The van der Waals surface area contributed by atoms with Gasteiger partial charge >= 0.3 is 0 Å². The maximum Gasteiger partial charge on any atom is 0.119 e. The van der Waals surface area contributed by atoms with Crippen molar-refractivity contribution < 1.29 is 4.74 Å². The maximum atomic E-state index is 6.01. The minimum absolute atomic E-state index is 0.148. The molecule has 0 saturated heterocycles. The average Bonchev–Trinajstić information content (AvgIpc) is 3.38. The van der Waals surface area contributed by atoms with Crippen LogP contribution in [0.3, 0.4) is 0 Å². The Labute approximate surface area is 126 Å². The third kappa shape index (κ3) is 3.19. The number of hydrogen-bond acceptors (Lipinski definition) is 3. The van der Waals surface area contributed by atoms with Crippen molar-refractivity contribution in [2.45, 2.75) is 24.8 Å². The first kappa shape index (κ1) is 14.0. The summed E-state index contributed by atoms with van der Waals surface area (Å²) < 4.78 is 5.19. The lowest BCUT2D eigenvalue weighted by Gasteiger charge is -2.21. The van der Waals surface area contributed by atoms with Crippen molar-refractivity contribution in [1.29, 1.82) is 0 Å². The molecule has 0 amide bonds. The molecular formula is C18H22N2O. The zero-order chi connectivity index (χ0) is 14.7. The van der Waals surface area contributed by atoms with Gasteiger partial charge in [0.05, 0.1) is 13.2 Å². The Morgan fingerprint density at radius 1 is 1.14 bits per heavy atom. The van der Waals surface area contributed by atoms with E-state index in [1.807, 2.05) is 24.3 Å². The van der Waals surface area contributed by atoms with Crippen molar-refractivity contribution in [3.63, 3.8) is 0 Å². The number of nitrogens with two attached hydrogens (primary N) is 1. The molecule has 0 radical (unpaired) electrons. The summed E-state index contributed by atoms with van der Waals surface area (Å²) >= 11 is 0. The van der Waals surface area contributed by atoms with E-state index in [1.165, 1.54) is 24.0 Å². The molecule has 1 saturated carbocycles. The largest absolute Gasteiger partial charge is 0.497 e. The molecule has 2 aromatic carbocycles. The lowest BCUT2D eigenvalue weighted by atomic mass is 9.97. The van der Waals surface area contributed by atoms with E-state index in [4.69, 9.17) is 10.5 Å². The highest BCUT2D eigenvalue weighted by molar-refractivity contribution is 5.49. The van der Waals surface area contributed by atoms with Crippen LogP contribution in [0.4, 0.5) is 5.69 Å². The van der Waals surface area contributed by atoms with Crippen LogP contribution in [-0.2, 0) is 0 Å². The molecule has 1 aliphatic carbocycles. The zero-order valence-electron chi connectivity index (χ0n) is 12.4. The highest BCUT2D eigenvalue weighted by Crippen LogP contribution is 2.43. The van der Waals surface area contributed by atoms with Crippen LogP contribution in [0, 0.1) is 0 Å². The van der Waals surface area contributed by atoms with Gasteiger partial charge in [0, 0.05) is 12.2 Å². The van der Waals surface area contributed by atoms with Gasteiger partial charge in [-0.15, -0.1) is 0 Å². The van der Waals surface area contributed by atoms with Crippen molar-refractivity contribution in [3.05, 3.63) is 59.7 Å². The van der Waals surface area contributed by atoms with E-state index in [0.29, 0.717) is 6.54 Å². The highest BCUT2D eigenvalue weighted by Gasteiger charge is 2.27. The third-order valence-corrected chi connectivity index (χ3v) is 4.06. The molecule has 0 bridgehead atoms. The topological polar surface area (TPSA) is 47.3 Å². The van der Waals surface area contributed by atoms with Crippen LogP contribution < -0.4 is 15.8 Å². The number of nitrogens with one attached hydrogen (secondary N) is 1. The predicted octanol–water partition coefficient (Wildman–Crippen LogP) is 3.68. The summed E-state index contributed by atoms with van der Waals surface area (Å²) in [5.41, 5.74) is 9.86. The lowest BCUT2D eigenvalue weighted by molar-refractivity contribution is 0.415. The van der Waals surface area contributed by atoms with Gasteiger partial charge in [-0.3, -0.25) is 0 Å². The molecule has 0 aromatic heterocycles. The van der Waals surface area contributed by atoms with Crippen LogP contribution in [0.5, 0.6) is 5.75 Å². The lowest BCUT2D eigenvalue weighted by Crippen LogP contribution is -2.21. The van der Waals surface area contributed by atoms with Crippen molar-refractivity contribution in [2.24, 2.45) is 5.73 Å². The van der Waals surface area contributed by atoms with Gasteiger partial charge in [0.25, 0.3) is 0 Å². The molecule has 21 heavy (non-hydrogen) atoms. The molecule has 3 N–H and O–H groups in total. The molecule has 0 aliphatic heterocycles. The van der Waals surface area contributed by atoms with E-state index in [9.17, 15) is 0 Å². The summed E-state index contributed by atoms with van der Waals surface area (Å²) in [7, 11) is 1.68. The van der Waals surface area contributed by atoms with Crippen LogP contribution in [0.15, 0.2) is 48.5 Å². The number of anilines is 1. The number of hydrogen-bond donors (Lipinski definition) is 2. The molecule has 3 rings (SSSR count). The van der Waals surface area contributed by atoms with E-state index >= 15 is 0 Å². The molecule has 110 valence electrons. The van der Waals surface area contributed by atoms with Crippen molar-refractivity contribution in [2.75, 3.05) is 19.0 Å². The monoisotopic (exact) mass is 282 g/mol. The van der Waals surface area contributed by atoms with Gasteiger partial charge in [-0.05, 0) is 54.2 Å². The Kier molecular flexibility index (Phi) is 4.11. The number of methoxy groups -OCH3 is 1. The van der Waals surface area contributed by atoms with Gasteiger partial charge in [0.1, 0.15) is 5.75 Å². The molecule has 1 unspecified atom stereocenters. The van der Waals surface area contributed by atoms with Crippen molar-refractivity contribution >= 4 is 5.69 Å². The summed E-state index contributed by atoms with van der Waals surface area (Å²) in [6, 6.07) is 16.8. The fourth-order valence-corrected chi connectivity index (χ4v) is 2.75. The molecule has 1 atom stereocenters. The molecule has 0 spiro atoms. The van der Waals surface area contributed by atoms with E-state index in [2.05, 4.69) is 29.6 Å². The van der Waals surface area contributed by atoms with Gasteiger partial charge in [0.15, 0.2) is 0 Å². The SMILES string of the molecule is COc1ccc(NC(CN)c2ccccc2C2CC2)cc1. The summed E-state index contributed by atoms with van der Waals surface area (Å²) in [5.74, 6) is 1.59. The molecule has 1 aliphatic rings. The van der Waals surface area contributed by atoms with Gasteiger partial charge in [-0.2, -0.15) is 0 Å².